The Morgan fingerprint density at radius 3 is 1.12 bits per heavy atom. The molecule has 0 saturated heterocycles. The van der Waals surface area contributed by atoms with Crippen LogP contribution in [0.3, 0.4) is 0 Å². The van der Waals surface area contributed by atoms with Crippen molar-refractivity contribution in [2.45, 2.75) is 0 Å². The lowest BCUT2D eigenvalue weighted by Gasteiger charge is -2.22. The van der Waals surface area contributed by atoms with Gasteiger partial charge in [0.05, 0.1) is 24.6 Å². The van der Waals surface area contributed by atoms with Crippen LogP contribution >= 0.6 is 7.26 Å². The van der Waals surface area contributed by atoms with Gasteiger partial charge in [0.15, 0.2) is 0 Å². The number of carboxylic acid groups (broad SMARTS) is 2. The van der Waals surface area contributed by atoms with Crippen molar-refractivity contribution >= 4 is 13.4 Å². The third-order valence-electron chi connectivity index (χ3n) is 2.07. The van der Waals surface area contributed by atoms with E-state index in [1.54, 1.807) is 0 Å². The van der Waals surface area contributed by atoms with Crippen LogP contribution in [-0.2, 0) is 0 Å². The first kappa shape index (κ1) is 18.0. The Balaban J connectivity index is 0. The minimum absolute atomic E-state index is 0.968. The summed E-state index contributed by atoms with van der Waals surface area (Å²) in [4.78, 5) is 8.56. The van der Waals surface area contributed by atoms with Crippen molar-refractivity contribution in [3.05, 3.63) is 50.6 Å². The molecule has 0 aromatic heterocycles. The SMILES string of the molecule is C=CC[P+](CC=C)(CC=C)CC=C.O=C(O)O. The molecule has 0 spiro atoms. The molecule has 3 nitrogen and oxygen atoms in total. The van der Waals surface area contributed by atoms with Gasteiger partial charge in [0.2, 0.25) is 0 Å². The maximum atomic E-state index is 8.56. The number of hydrogen-bond donors (Lipinski definition) is 2. The first-order chi connectivity index (χ1) is 7.97. The standard InChI is InChI=1S/C12H20P.CH2O3/c1-5-9-13(10-6-2,11-7-3)12-8-4;2-1(3)4/h5-8H,1-4,9-12H2;(H2,2,3,4)/q+1;. The second-order valence-electron chi connectivity index (χ2n) is 3.51. The summed E-state index contributed by atoms with van der Waals surface area (Å²) < 4.78 is 0. The molecule has 2 N–H and O–H groups in total. The van der Waals surface area contributed by atoms with Crippen LogP contribution in [-0.4, -0.2) is 41.0 Å². The van der Waals surface area contributed by atoms with E-state index in [1.807, 2.05) is 24.3 Å². The van der Waals surface area contributed by atoms with Gasteiger partial charge in [-0.3, -0.25) is 0 Å². The van der Waals surface area contributed by atoms with E-state index in [0.717, 1.165) is 24.6 Å². The quantitative estimate of drug-likeness (QED) is 0.511. The second-order valence-corrected chi connectivity index (χ2v) is 7.65. The highest BCUT2D eigenvalue weighted by molar-refractivity contribution is 7.76. The highest BCUT2D eigenvalue weighted by Crippen LogP contribution is 2.58. The third-order valence-corrected chi connectivity index (χ3v) is 6.20. The Labute approximate surface area is 104 Å². The van der Waals surface area contributed by atoms with Crippen molar-refractivity contribution in [1.29, 1.82) is 0 Å². The zero-order valence-electron chi connectivity index (χ0n) is 10.2. The molecule has 96 valence electrons. The molecule has 0 aliphatic rings. The van der Waals surface area contributed by atoms with Gasteiger partial charge in [0.1, 0.15) is 0 Å². The second kappa shape index (κ2) is 11.2. The molecule has 0 aromatic carbocycles. The van der Waals surface area contributed by atoms with Crippen molar-refractivity contribution in [2.75, 3.05) is 24.6 Å². The van der Waals surface area contributed by atoms with Crippen LogP contribution in [0.5, 0.6) is 0 Å². The molecule has 0 fully saturated rings. The van der Waals surface area contributed by atoms with Gasteiger partial charge in [-0.25, -0.2) is 4.79 Å². The van der Waals surface area contributed by atoms with Crippen LogP contribution in [0.25, 0.3) is 0 Å². The third kappa shape index (κ3) is 10.9. The van der Waals surface area contributed by atoms with E-state index in [4.69, 9.17) is 15.0 Å². The van der Waals surface area contributed by atoms with Crippen LogP contribution in [0.4, 0.5) is 4.79 Å². The Kier molecular flexibility index (Phi) is 11.8. The van der Waals surface area contributed by atoms with E-state index in [0.29, 0.717) is 0 Å². The minimum atomic E-state index is -1.83. The average Bonchev–Trinajstić information content (AvgIpc) is 2.18. The molecule has 0 rings (SSSR count). The fourth-order valence-corrected chi connectivity index (χ4v) is 4.63. The fraction of sp³-hybridized carbons (Fsp3) is 0.308. The molecule has 0 aliphatic carbocycles. The first-order valence-electron chi connectivity index (χ1n) is 5.18. The molecule has 0 aliphatic heterocycles. The number of carbonyl (C=O) groups is 1. The Morgan fingerprint density at radius 2 is 1.00 bits per heavy atom. The van der Waals surface area contributed by atoms with Crippen molar-refractivity contribution < 1.29 is 15.0 Å². The lowest BCUT2D eigenvalue weighted by Crippen LogP contribution is -2.07. The molecular formula is C13H22O3P+. The summed E-state index contributed by atoms with van der Waals surface area (Å²) in [6, 6.07) is 0. The summed E-state index contributed by atoms with van der Waals surface area (Å²) in [5.74, 6) is 0. The van der Waals surface area contributed by atoms with Crippen LogP contribution < -0.4 is 0 Å². The van der Waals surface area contributed by atoms with E-state index < -0.39 is 13.4 Å². The molecular weight excluding hydrogens is 235 g/mol. The molecule has 0 saturated carbocycles. The lowest BCUT2D eigenvalue weighted by molar-refractivity contribution is 0.137. The van der Waals surface area contributed by atoms with Gasteiger partial charge < -0.3 is 10.2 Å². The normalized spacial score (nSPS) is 9.41. The van der Waals surface area contributed by atoms with Gasteiger partial charge in [-0.15, -0.1) is 0 Å². The van der Waals surface area contributed by atoms with E-state index >= 15 is 0 Å². The average molecular weight is 257 g/mol. The lowest BCUT2D eigenvalue weighted by atomic mass is 10.7. The smallest absolute Gasteiger partial charge is 0.450 e. The summed E-state index contributed by atoms with van der Waals surface area (Å²) in [7, 11) is -0.968. The van der Waals surface area contributed by atoms with E-state index in [-0.39, 0.29) is 0 Å². The van der Waals surface area contributed by atoms with E-state index in [1.165, 1.54) is 0 Å². The summed E-state index contributed by atoms with van der Waals surface area (Å²) >= 11 is 0. The maximum Gasteiger partial charge on any atom is 0.503 e. The summed E-state index contributed by atoms with van der Waals surface area (Å²) in [6.07, 6.45) is 10.7. The number of allylic oxidation sites excluding steroid dienone is 4. The van der Waals surface area contributed by atoms with Crippen molar-refractivity contribution in [3.8, 4) is 0 Å². The van der Waals surface area contributed by atoms with Crippen LogP contribution in [0.15, 0.2) is 50.6 Å². The van der Waals surface area contributed by atoms with E-state index in [2.05, 4.69) is 26.3 Å². The predicted molar refractivity (Wildman–Crippen MR) is 77.8 cm³/mol. The predicted octanol–water partition coefficient (Wildman–Crippen LogP) is 3.97. The van der Waals surface area contributed by atoms with Gasteiger partial charge in [-0.2, -0.15) is 0 Å². The molecule has 0 atom stereocenters. The van der Waals surface area contributed by atoms with E-state index in [9.17, 15) is 0 Å². The highest BCUT2D eigenvalue weighted by Gasteiger charge is 2.31. The summed E-state index contributed by atoms with van der Waals surface area (Å²) in [5, 5.41) is 13.9. The van der Waals surface area contributed by atoms with Gasteiger partial charge in [0, 0.05) is 7.26 Å². The van der Waals surface area contributed by atoms with Crippen LogP contribution in [0, 0.1) is 0 Å². The monoisotopic (exact) mass is 257 g/mol. The molecule has 0 heterocycles. The zero-order valence-corrected chi connectivity index (χ0v) is 11.1. The molecule has 17 heavy (non-hydrogen) atoms. The molecule has 0 unspecified atom stereocenters. The molecule has 4 heteroatoms. The molecule has 0 bridgehead atoms. The maximum absolute atomic E-state index is 8.56. The van der Waals surface area contributed by atoms with Gasteiger partial charge in [-0.05, 0) is 0 Å². The topological polar surface area (TPSA) is 57.5 Å². The van der Waals surface area contributed by atoms with Crippen LogP contribution in [0.2, 0.25) is 0 Å². The first-order valence-corrected chi connectivity index (χ1v) is 7.71. The van der Waals surface area contributed by atoms with Crippen molar-refractivity contribution in [2.24, 2.45) is 0 Å². The molecule has 0 aromatic rings. The zero-order chi connectivity index (χ0) is 13.7. The minimum Gasteiger partial charge on any atom is -0.450 e. The summed E-state index contributed by atoms with van der Waals surface area (Å²) in [5.41, 5.74) is 0. The van der Waals surface area contributed by atoms with Crippen molar-refractivity contribution in [3.63, 3.8) is 0 Å². The van der Waals surface area contributed by atoms with Gasteiger partial charge in [0.25, 0.3) is 0 Å². The highest BCUT2D eigenvalue weighted by atomic mass is 31.2. The fourth-order valence-electron chi connectivity index (χ4n) is 1.54. The summed E-state index contributed by atoms with van der Waals surface area (Å²) in [6.45, 7) is 15.3. The molecule has 0 amide bonds. The number of rotatable bonds is 8. The Hall–Kier alpha value is -1.34. The number of hydrogen-bond acceptors (Lipinski definition) is 1. The van der Waals surface area contributed by atoms with Crippen molar-refractivity contribution in [1.82, 2.24) is 0 Å². The largest absolute Gasteiger partial charge is 0.503 e. The van der Waals surface area contributed by atoms with Gasteiger partial charge >= 0.3 is 6.16 Å². The van der Waals surface area contributed by atoms with Crippen LogP contribution in [0.1, 0.15) is 0 Å². The Morgan fingerprint density at radius 1 is 0.824 bits per heavy atom. The molecule has 0 radical (unpaired) electrons. The van der Waals surface area contributed by atoms with Gasteiger partial charge in [-0.1, -0.05) is 50.6 Å². The Bertz CT molecular complexity index is 222.